The Hall–Kier alpha value is -3.08. The fourth-order valence-electron chi connectivity index (χ4n) is 2.39. The number of hydrogen-bond acceptors (Lipinski definition) is 5. The minimum Gasteiger partial charge on any atom is -0.460 e. The fraction of sp³-hybridized carbons (Fsp3) is 0.238. The molecule has 3 aromatic rings. The molecule has 0 bridgehead atoms. The van der Waals surface area contributed by atoms with Crippen LogP contribution in [-0.2, 0) is 4.79 Å². The largest absolute Gasteiger partial charge is 0.460 e. The maximum Gasteiger partial charge on any atom is 0.313 e. The van der Waals surface area contributed by atoms with E-state index in [1.165, 1.54) is 12.3 Å². The van der Waals surface area contributed by atoms with Crippen LogP contribution in [0.15, 0.2) is 51.9 Å². The van der Waals surface area contributed by atoms with Crippen molar-refractivity contribution in [1.29, 1.82) is 0 Å². The summed E-state index contributed by atoms with van der Waals surface area (Å²) in [5.74, 6) is 0.465. The van der Waals surface area contributed by atoms with E-state index in [2.05, 4.69) is 0 Å². The number of fused-ring (bicyclic) bond motifs is 1. The van der Waals surface area contributed by atoms with E-state index in [1.54, 1.807) is 26.0 Å². The van der Waals surface area contributed by atoms with Gasteiger partial charge in [-0.2, -0.15) is 0 Å². The third-order valence-corrected chi connectivity index (χ3v) is 3.97. The van der Waals surface area contributed by atoms with Crippen LogP contribution < -0.4 is 14.9 Å². The molecule has 0 aliphatic rings. The first-order valence-electron chi connectivity index (χ1n) is 8.37. The molecule has 0 amide bonds. The lowest BCUT2D eigenvalue weighted by Gasteiger charge is -2.10. The van der Waals surface area contributed by atoms with Gasteiger partial charge in [-0.1, -0.05) is 26.0 Å². The van der Waals surface area contributed by atoms with E-state index in [-0.39, 0.29) is 23.1 Å². The molecule has 0 unspecified atom stereocenters. The molecule has 0 fully saturated rings. The van der Waals surface area contributed by atoms with Gasteiger partial charge in [0.1, 0.15) is 23.3 Å². The SMILES string of the molecule is Cc1ccc(C)c(Oc2coc3cc(OC(=O)C(C)C)ccc3c2=O)c1. The van der Waals surface area contributed by atoms with Gasteiger partial charge in [0.2, 0.25) is 11.2 Å². The van der Waals surface area contributed by atoms with Crippen molar-refractivity contribution in [1.82, 2.24) is 0 Å². The average molecular weight is 352 g/mol. The number of carbonyl (C=O) groups is 1. The van der Waals surface area contributed by atoms with E-state index in [4.69, 9.17) is 13.9 Å². The lowest BCUT2D eigenvalue weighted by molar-refractivity contribution is -0.137. The molecule has 26 heavy (non-hydrogen) atoms. The third-order valence-electron chi connectivity index (χ3n) is 3.97. The summed E-state index contributed by atoms with van der Waals surface area (Å²) >= 11 is 0. The van der Waals surface area contributed by atoms with Gasteiger partial charge >= 0.3 is 5.97 Å². The van der Waals surface area contributed by atoms with Gasteiger partial charge in [0.05, 0.1) is 11.3 Å². The van der Waals surface area contributed by atoms with Gasteiger partial charge in [0.25, 0.3) is 0 Å². The van der Waals surface area contributed by atoms with Crippen LogP contribution in [0.3, 0.4) is 0 Å². The zero-order valence-corrected chi connectivity index (χ0v) is 15.2. The Morgan fingerprint density at radius 3 is 2.54 bits per heavy atom. The van der Waals surface area contributed by atoms with Crippen LogP contribution in [-0.4, -0.2) is 5.97 Å². The Morgan fingerprint density at radius 2 is 1.81 bits per heavy atom. The highest BCUT2D eigenvalue weighted by molar-refractivity contribution is 5.81. The Kier molecular flexibility index (Phi) is 4.80. The molecule has 0 radical (unpaired) electrons. The van der Waals surface area contributed by atoms with Crippen molar-refractivity contribution in [3.63, 3.8) is 0 Å². The number of ether oxygens (including phenoxy) is 2. The van der Waals surface area contributed by atoms with Crippen LogP contribution in [0.1, 0.15) is 25.0 Å². The van der Waals surface area contributed by atoms with Crippen molar-refractivity contribution in [2.24, 2.45) is 5.92 Å². The third kappa shape index (κ3) is 3.61. The summed E-state index contributed by atoms with van der Waals surface area (Å²) in [6.45, 7) is 7.36. The molecule has 0 spiro atoms. The van der Waals surface area contributed by atoms with Crippen molar-refractivity contribution in [2.75, 3.05) is 0 Å². The van der Waals surface area contributed by atoms with E-state index in [0.29, 0.717) is 22.5 Å². The van der Waals surface area contributed by atoms with Crippen molar-refractivity contribution in [3.8, 4) is 17.2 Å². The van der Waals surface area contributed by atoms with Gasteiger partial charge < -0.3 is 13.9 Å². The number of hydrogen-bond donors (Lipinski definition) is 0. The highest BCUT2D eigenvalue weighted by Crippen LogP contribution is 2.27. The van der Waals surface area contributed by atoms with Gasteiger partial charge in [0, 0.05) is 6.07 Å². The molecular formula is C21H20O5. The molecule has 2 aromatic carbocycles. The predicted molar refractivity (Wildman–Crippen MR) is 98.9 cm³/mol. The summed E-state index contributed by atoms with van der Waals surface area (Å²) in [4.78, 5) is 24.4. The second-order valence-corrected chi connectivity index (χ2v) is 6.53. The minimum absolute atomic E-state index is 0.109. The summed E-state index contributed by atoms with van der Waals surface area (Å²) in [5, 5.41) is 0.358. The van der Waals surface area contributed by atoms with Crippen molar-refractivity contribution >= 4 is 16.9 Å². The second kappa shape index (κ2) is 7.04. The number of aryl methyl sites for hydroxylation is 2. The first-order valence-corrected chi connectivity index (χ1v) is 8.37. The molecule has 5 nitrogen and oxygen atoms in total. The molecule has 0 atom stereocenters. The minimum atomic E-state index is -0.346. The molecule has 3 rings (SSSR count). The van der Waals surface area contributed by atoms with Crippen molar-refractivity contribution < 1.29 is 18.7 Å². The average Bonchev–Trinajstić information content (AvgIpc) is 2.60. The molecule has 1 aromatic heterocycles. The van der Waals surface area contributed by atoms with Crippen LogP contribution in [0.5, 0.6) is 17.2 Å². The van der Waals surface area contributed by atoms with E-state index in [0.717, 1.165) is 11.1 Å². The van der Waals surface area contributed by atoms with Gasteiger partial charge in [-0.3, -0.25) is 9.59 Å². The molecule has 0 saturated carbocycles. The summed E-state index contributed by atoms with van der Waals surface area (Å²) in [6, 6.07) is 10.4. The standard InChI is InChI=1S/C21H20O5/c1-12(2)21(23)25-15-7-8-16-18(10-15)24-11-19(20(16)22)26-17-9-13(3)5-6-14(17)4/h5-12H,1-4H3. The summed E-state index contributed by atoms with van der Waals surface area (Å²) in [6.07, 6.45) is 1.28. The van der Waals surface area contributed by atoms with Crippen LogP contribution in [0.25, 0.3) is 11.0 Å². The quantitative estimate of drug-likeness (QED) is 0.500. The van der Waals surface area contributed by atoms with E-state index in [1.807, 2.05) is 32.0 Å². The molecule has 134 valence electrons. The maximum atomic E-state index is 12.7. The number of carbonyl (C=O) groups excluding carboxylic acids is 1. The molecule has 5 heteroatoms. The zero-order valence-electron chi connectivity index (χ0n) is 15.2. The Bertz CT molecular complexity index is 1030. The fourth-order valence-corrected chi connectivity index (χ4v) is 2.39. The van der Waals surface area contributed by atoms with Gasteiger partial charge in [-0.15, -0.1) is 0 Å². The normalized spacial score (nSPS) is 11.0. The Morgan fingerprint density at radius 1 is 1.04 bits per heavy atom. The zero-order chi connectivity index (χ0) is 18.8. The van der Waals surface area contributed by atoms with E-state index < -0.39 is 0 Å². The molecular weight excluding hydrogens is 332 g/mol. The second-order valence-electron chi connectivity index (χ2n) is 6.53. The number of benzene rings is 2. The first kappa shape index (κ1) is 17.7. The smallest absolute Gasteiger partial charge is 0.313 e. The first-order chi connectivity index (χ1) is 12.3. The van der Waals surface area contributed by atoms with Crippen LogP contribution >= 0.6 is 0 Å². The van der Waals surface area contributed by atoms with E-state index in [9.17, 15) is 9.59 Å². The Balaban J connectivity index is 1.95. The highest BCUT2D eigenvalue weighted by Gasteiger charge is 2.14. The van der Waals surface area contributed by atoms with Crippen molar-refractivity contribution in [3.05, 3.63) is 64.0 Å². The van der Waals surface area contributed by atoms with Crippen LogP contribution in [0.2, 0.25) is 0 Å². The topological polar surface area (TPSA) is 65.7 Å². The predicted octanol–water partition coefficient (Wildman–Crippen LogP) is 4.76. The summed E-state index contributed by atoms with van der Waals surface area (Å²) in [7, 11) is 0. The molecule has 0 aliphatic heterocycles. The Labute approximate surface area is 151 Å². The lowest BCUT2D eigenvalue weighted by atomic mass is 10.1. The maximum absolute atomic E-state index is 12.7. The monoisotopic (exact) mass is 352 g/mol. The van der Waals surface area contributed by atoms with Crippen LogP contribution in [0.4, 0.5) is 0 Å². The van der Waals surface area contributed by atoms with Gasteiger partial charge in [-0.05, 0) is 43.2 Å². The van der Waals surface area contributed by atoms with E-state index >= 15 is 0 Å². The number of rotatable bonds is 4. The lowest BCUT2D eigenvalue weighted by Crippen LogP contribution is -2.14. The summed E-state index contributed by atoms with van der Waals surface area (Å²) < 4.78 is 16.5. The molecule has 0 N–H and O–H groups in total. The van der Waals surface area contributed by atoms with Crippen molar-refractivity contribution in [2.45, 2.75) is 27.7 Å². The molecule has 0 aliphatic carbocycles. The molecule has 1 heterocycles. The highest BCUT2D eigenvalue weighted by atomic mass is 16.5. The summed E-state index contributed by atoms with van der Waals surface area (Å²) in [5.41, 5.74) is 2.00. The van der Waals surface area contributed by atoms with Gasteiger partial charge in [0.15, 0.2) is 0 Å². The number of esters is 1. The van der Waals surface area contributed by atoms with Crippen LogP contribution in [0, 0.1) is 19.8 Å². The molecule has 0 saturated heterocycles. The van der Waals surface area contributed by atoms with Gasteiger partial charge in [-0.25, -0.2) is 0 Å².